The van der Waals surface area contributed by atoms with E-state index in [2.05, 4.69) is 0 Å². The average molecular weight is 331 g/mol. The molecule has 1 fully saturated rings. The molecule has 1 aliphatic heterocycles. The van der Waals surface area contributed by atoms with Gasteiger partial charge in [-0.3, -0.25) is 0 Å². The Balaban J connectivity index is 1.92. The third kappa shape index (κ3) is 3.00. The molecule has 6 heteroatoms. The van der Waals surface area contributed by atoms with Crippen molar-refractivity contribution < 1.29 is 17.9 Å². The number of benzene rings is 2. The third-order valence-electron chi connectivity index (χ3n) is 3.72. The molecule has 0 bridgehead atoms. The molecule has 1 heterocycles. The summed E-state index contributed by atoms with van der Waals surface area (Å²) in [5.74, 6) is -0.621. The van der Waals surface area contributed by atoms with Crippen LogP contribution in [0, 0.1) is 0 Å². The fourth-order valence-corrected chi connectivity index (χ4v) is 4.26. The lowest BCUT2D eigenvalue weighted by Gasteiger charge is -2.11. The van der Waals surface area contributed by atoms with Gasteiger partial charge in [-0.2, -0.15) is 4.31 Å². The van der Waals surface area contributed by atoms with E-state index in [1.54, 1.807) is 19.1 Å². The maximum absolute atomic E-state index is 12.8. The number of hydrogen-bond donors (Lipinski definition) is 0. The van der Waals surface area contributed by atoms with Crippen molar-refractivity contribution in [2.45, 2.75) is 17.9 Å². The summed E-state index contributed by atoms with van der Waals surface area (Å²) in [7, 11) is -3.72. The van der Waals surface area contributed by atoms with Crippen molar-refractivity contribution in [1.82, 2.24) is 4.31 Å². The van der Waals surface area contributed by atoms with E-state index in [0.717, 1.165) is 5.56 Å². The summed E-state index contributed by atoms with van der Waals surface area (Å²) in [5, 5.41) is 0. The summed E-state index contributed by atoms with van der Waals surface area (Å²) in [5.41, 5.74) is 1.03. The second-order valence-electron chi connectivity index (χ2n) is 5.22. The van der Waals surface area contributed by atoms with Crippen molar-refractivity contribution in [1.29, 1.82) is 0 Å². The largest absolute Gasteiger partial charge is 0.462 e. The monoisotopic (exact) mass is 331 g/mol. The maximum atomic E-state index is 12.8. The first-order valence-corrected chi connectivity index (χ1v) is 8.82. The van der Waals surface area contributed by atoms with Gasteiger partial charge in [-0.1, -0.05) is 42.5 Å². The second-order valence-corrected chi connectivity index (χ2v) is 7.08. The van der Waals surface area contributed by atoms with Gasteiger partial charge in [-0.15, -0.1) is 0 Å². The Labute approximate surface area is 135 Å². The van der Waals surface area contributed by atoms with Gasteiger partial charge in [-0.25, -0.2) is 13.2 Å². The first-order chi connectivity index (χ1) is 11.1. The van der Waals surface area contributed by atoms with Gasteiger partial charge >= 0.3 is 5.97 Å². The smallest absolute Gasteiger partial charge is 0.339 e. The van der Waals surface area contributed by atoms with Gasteiger partial charge in [0.25, 0.3) is 0 Å². The molecule has 3 rings (SSSR count). The summed E-state index contributed by atoms with van der Waals surface area (Å²) >= 11 is 0. The van der Waals surface area contributed by atoms with E-state index >= 15 is 0 Å². The SMILES string of the molecule is CCOC(=O)c1ccccc1S(=O)(=O)N1CC1c1ccccc1. The molecule has 0 saturated carbocycles. The lowest BCUT2D eigenvalue weighted by atomic mass is 10.2. The van der Waals surface area contributed by atoms with Gasteiger partial charge in [0.15, 0.2) is 0 Å². The van der Waals surface area contributed by atoms with E-state index in [0.29, 0.717) is 6.54 Å². The first kappa shape index (κ1) is 15.7. The number of carbonyl (C=O) groups excluding carboxylic acids is 1. The fourth-order valence-electron chi connectivity index (χ4n) is 2.53. The minimum atomic E-state index is -3.72. The topological polar surface area (TPSA) is 63.5 Å². The normalized spacial score (nSPS) is 20.0. The molecule has 0 aliphatic carbocycles. The van der Waals surface area contributed by atoms with Crippen molar-refractivity contribution in [3.63, 3.8) is 0 Å². The molecule has 23 heavy (non-hydrogen) atoms. The fraction of sp³-hybridized carbons (Fsp3) is 0.235. The Kier molecular flexibility index (Phi) is 4.19. The molecule has 0 radical (unpaired) electrons. The molecule has 2 aromatic carbocycles. The lowest BCUT2D eigenvalue weighted by Crippen LogP contribution is -2.18. The minimum absolute atomic E-state index is 0.00289. The third-order valence-corrected chi connectivity index (χ3v) is 5.65. The number of carbonyl (C=O) groups is 1. The Morgan fingerprint density at radius 2 is 1.78 bits per heavy atom. The minimum Gasteiger partial charge on any atom is -0.462 e. The zero-order valence-corrected chi connectivity index (χ0v) is 13.5. The Bertz CT molecular complexity index is 817. The standard InChI is InChI=1S/C17H17NO4S/c1-2-22-17(19)14-10-6-7-11-16(14)23(20,21)18-12-15(18)13-8-4-3-5-9-13/h3-11,15H,2,12H2,1H3. The predicted molar refractivity (Wildman–Crippen MR) is 85.5 cm³/mol. The Morgan fingerprint density at radius 3 is 2.48 bits per heavy atom. The average Bonchev–Trinajstić information content (AvgIpc) is 3.37. The molecule has 2 unspecified atom stereocenters. The van der Waals surface area contributed by atoms with Crippen LogP contribution in [0.15, 0.2) is 59.5 Å². The summed E-state index contributed by atoms with van der Waals surface area (Å²) in [6.07, 6.45) is 0. The highest BCUT2D eigenvalue weighted by Gasteiger charge is 2.46. The number of sulfonamides is 1. The second kappa shape index (κ2) is 6.14. The molecule has 0 amide bonds. The zero-order chi connectivity index (χ0) is 16.4. The van der Waals surface area contributed by atoms with Crippen LogP contribution in [0.4, 0.5) is 0 Å². The van der Waals surface area contributed by atoms with Gasteiger partial charge < -0.3 is 4.74 Å². The molecule has 1 aliphatic rings. The van der Waals surface area contributed by atoms with Crippen LogP contribution in [0.25, 0.3) is 0 Å². The molecule has 2 atom stereocenters. The number of rotatable bonds is 5. The Hall–Kier alpha value is -2.18. The zero-order valence-electron chi connectivity index (χ0n) is 12.7. The van der Waals surface area contributed by atoms with Crippen molar-refractivity contribution in [3.8, 4) is 0 Å². The summed E-state index contributed by atoms with van der Waals surface area (Å²) in [6, 6.07) is 15.4. The van der Waals surface area contributed by atoms with Gasteiger partial charge in [-0.05, 0) is 24.6 Å². The summed E-state index contributed by atoms with van der Waals surface area (Å²) in [4.78, 5) is 12.0. The molecular weight excluding hydrogens is 314 g/mol. The first-order valence-electron chi connectivity index (χ1n) is 7.38. The van der Waals surface area contributed by atoms with Crippen molar-refractivity contribution in [2.24, 2.45) is 0 Å². The number of nitrogens with zero attached hydrogens (tertiary/aromatic N) is 1. The van der Waals surface area contributed by atoms with Crippen LogP contribution in [0.3, 0.4) is 0 Å². The van der Waals surface area contributed by atoms with Crippen LogP contribution in [-0.4, -0.2) is 31.8 Å². The predicted octanol–water partition coefficient (Wildman–Crippen LogP) is 2.61. The van der Waals surface area contributed by atoms with E-state index in [1.807, 2.05) is 30.3 Å². The number of esters is 1. The van der Waals surface area contributed by atoms with Crippen LogP contribution in [0.1, 0.15) is 28.9 Å². The lowest BCUT2D eigenvalue weighted by molar-refractivity contribution is 0.0521. The van der Waals surface area contributed by atoms with Crippen LogP contribution >= 0.6 is 0 Å². The van der Waals surface area contributed by atoms with E-state index in [4.69, 9.17) is 4.74 Å². The van der Waals surface area contributed by atoms with Crippen molar-refractivity contribution in [2.75, 3.05) is 13.2 Å². The van der Waals surface area contributed by atoms with Crippen LogP contribution in [0.5, 0.6) is 0 Å². The summed E-state index contributed by atoms with van der Waals surface area (Å²) in [6.45, 7) is 2.30. The van der Waals surface area contributed by atoms with Crippen LogP contribution in [-0.2, 0) is 14.8 Å². The van der Waals surface area contributed by atoms with Gasteiger partial charge in [0.1, 0.15) is 0 Å². The highest BCUT2D eigenvalue weighted by molar-refractivity contribution is 7.89. The van der Waals surface area contributed by atoms with Gasteiger partial charge in [0.05, 0.1) is 23.1 Å². The molecule has 2 aromatic rings. The van der Waals surface area contributed by atoms with Crippen molar-refractivity contribution in [3.05, 3.63) is 65.7 Å². The van der Waals surface area contributed by atoms with E-state index in [9.17, 15) is 13.2 Å². The van der Waals surface area contributed by atoms with Crippen molar-refractivity contribution >= 4 is 16.0 Å². The number of hydrogen-bond acceptors (Lipinski definition) is 4. The highest BCUT2D eigenvalue weighted by atomic mass is 32.2. The van der Waals surface area contributed by atoms with E-state index < -0.39 is 16.0 Å². The molecular formula is C17H17NO4S. The highest BCUT2D eigenvalue weighted by Crippen LogP contribution is 2.40. The molecule has 120 valence electrons. The van der Waals surface area contributed by atoms with Crippen LogP contribution < -0.4 is 0 Å². The summed E-state index contributed by atoms with van der Waals surface area (Å²) < 4.78 is 32.0. The van der Waals surface area contributed by atoms with E-state index in [1.165, 1.54) is 16.4 Å². The van der Waals surface area contributed by atoms with Gasteiger partial charge in [0, 0.05) is 6.54 Å². The molecule has 0 N–H and O–H groups in total. The maximum Gasteiger partial charge on any atom is 0.339 e. The van der Waals surface area contributed by atoms with Crippen LogP contribution in [0.2, 0.25) is 0 Å². The Morgan fingerprint density at radius 1 is 1.13 bits per heavy atom. The van der Waals surface area contributed by atoms with Gasteiger partial charge in [0.2, 0.25) is 10.0 Å². The molecule has 5 nitrogen and oxygen atoms in total. The molecule has 0 spiro atoms. The quantitative estimate of drug-likeness (QED) is 0.624. The molecule has 0 aromatic heterocycles. The molecule has 1 saturated heterocycles. The van der Waals surface area contributed by atoms with E-state index in [-0.39, 0.29) is 23.1 Å². The number of ether oxygens (including phenoxy) is 1.